The second-order valence-electron chi connectivity index (χ2n) is 16.8. The van der Waals surface area contributed by atoms with Crippen molar-refractivity contribution in [2.24, 2.45) is 10.9 Å². The van der Waals surface area contributed by atoms with E-state index in [0.717, 1.165) is 28.5 Å². The Kier molecular flexibility index (Phi) is 7.26. The van der Waals surface area contributed by atoms with Crippen molar-refractivity contribution in [1.29, 1.82) is 0 Å². The Bertz CT molecular complexity index is 2530. The summed E-state index contributed by atoms with van der Waals surface area (Å²) in [6.07, 6.45) is 7.00. The molecule has 4 aromatic carbocycles. The molecule has 4 heterocycles. The molecule has 0 N–H and O–H groups in total. The van der Waals surface area contributed by atoms with Gasteiger partial charge in [0.05, 0.1) is 22.1 Å². The van der Waals surface area contributed by atoms with E-state index in [9.17, 15) is 0 Å². The summed E-state index contributed by atoms with van der Waals surface area (Å²) in [5, 5.41) is 4.90. The van der Waals surface area contributed by atoms with E-state index in [4.69, 9.17) is 14.7 Å². The molecule has 1 saturated carbocycles. The number of nitrogens with zero attached hydrogens (tertiary/aromatic N) is 4. The quantitative estimate of drug-likeness (QED) is 0.183. The molecule has 7 aromatic rings. The lowest BCUT2D eigenvalue weighted by molar-refractivity contribution is 0.207. The fraction of sp³-hybridized carbons (Fsp3) is 0.348. The van der Waals surface area contributed by atoms with Crippen molar-refractivity contribution in [2.45, 2.75) is 91.0 Å². The zero-order valence-electron chi connectivity index (χ0n) is 31.0. The second-order valence-corrected chi connectivity index (χ2v) is 16.8. The summed E-state index contributed by atoms with van der Waals surface area (Å²) in [4.78, 5) is 10.3. The van der Waals surface area contributed by atoms with Gasteiger partial charge in [-0.1, -0.05) is 71.2 Å². The highest BCUT2D eigenvalue weighted by molar-refractivity contribution is 6.12. The number of aliphatic imine (C=N–C) groups is 1. The van der Waals surface area contributed by atoms with Gasteiger partial charge in [0.15, 0.2) is 0 Å². The third kappa shape index (κ3) is 5.19. The molecule has 0 saturated heterocycles. The van der Waals surface area contributed by atoms with Crippen molar-refractivity contribution in [3.8, 4) is 11.4 Å². The lowest BCUT2D eigenvalue weighted by Gasteiger charge is -2.25. The molecule has 9 rings (SSSR count). The summed E-state index contributed by atoms with van der Waals surface area (Å²) >= 11 is 0. The fourth-order valence-corrected chi connectivity index (χ4v) is 8.75. The average molecular weight is 673 g/mol. The predicted molar refractivity (Wildman–Crippen MR) is 213 cm³/mol. The molecule has 0 spiro atoms. The van der Waals surface area contributed by atoms with Gasteiger partial charge in [-0.25, -0.2) is 9.98 Å². The number of aromatic nitrogens is 3. The van der Waals surface area contributed by atoms with E-state index in [1.807, 2.05) is 12.3 Å². The normalized spacial score (nSPS) is 18.5. The van der Waals surface area contributed by atoms with Crippen molar-refractivity contribution in [3.63, 3.8) is 0 Å². The molecule has 1 aliphatic heterocycles. The van der Waals surface area contributed by atoms with E-state index in [1.54, 1.807) is 0 Å². The predicted octanol–water partition coefficient (Wildman–Crippen LogP) is 11.7. The number of hydrogen-bond acceptors (Lipinski definition) is 3. The first kappa shape index (κ1) is 32.0. The van der Waals surface area contributed by atoms with Gasteiger partial charge in [0.1, 0.15) is 12.3 Å². The van der Waals surface area contributed by atoms with Gasteiger partial charge in [-0.15, -0.1) is 0 Å². The minimum atomic E-state index is -0.150. The first-order valence-corrected chi connectivity index (χ1v) is 18.8. The maximum Gasteiger partial charge on any atom is 0.216 e. The Balaban J connectivity index is 1.28. The lowest BCUT2D eigenvalue weighted by Crippen LogP contribution is -2.32. The Morgan fingerprint density at radius 3 is 2.31 bits per heavy atom. The van der Waals surface area contributed by atoms with Crippen LogP contribution in [-0.2, 0) is 10.2 Å². The minimum absolute atomic E-state index is 0.0520. The first-order valence-electron chi connectivity index (χ1n) is 18.8. The molecule has 1 fully saturated rings. The summed E-state index contributed by atoms with van der Waals surface area (Å²) in [5.41, 5.74) is 11.6. The fourth-order valence-electron chi connectivity index (χ4n) is 8.75. The number of ether oxygens (including phenoxy) is 1. The van der Waals surface area contributed by atoms with E-state index in [2.05, 4.69) is 136 Å². The average Bonchev–Trinajstić information content (AvgIpc) is 3.91. The molecule has 0 radical (unpaired) electrons. The number of aryl methyl sites for hydroxylation is 1. The third-order valence-electron chi connectivity index (χ3n) is 11.8. The summed E-state index contributed by atoms with van der Waals surface area (Å²) in [5.74, 6) is 1.73. The topological polar surface area (TPSA) is 44.3 Å². The van der Waals surface area contributed by atoms with E-state index in [1.165, 1.54) is 80.5 Å². The highest BCUT2D eigenvalue weighted by Crippen LogP contribution is 2.41. The van der Waals surface area contributed by atoms with Crippen molar-refractivity contribution < 1.29 is 4.74 Å². The molecule has 3 aromatic heterocycles. The lowest BCUT2D eigenvalue weighted by atomic mass is 9.86. The van der Waals surface area contributed by atoms with E-state index in [-0.39, 0.29) is 11.0 Å². The van der Waals surface area contributed by atoms with E-state index >= 15 is 0 Å². The SMILES string of the molecule is Cc1ccc2c(c1)c1ccc(-n3c4ccc(C(C)(C)C)cc4c4cccnc43)cc1n2-c1cc(C2=N[C@](C)(C3CCCC3)CO2)cc(C(C)C)c1. The maximum absolute atomic E-state index is 6.47. The molecule has 0 unspecified atom stereocenters. The molecule has 51 heavy (non-hydrogen) atoms. The van der Waals surface area contributed by atoms with Gasteiger partial charge in [0.2, 0.25) is 5.90 Å². The van der Waals surface area contributed by atoms with Crippen LogP contribution in [0.2, 0.25) is 0 Å². The Morgan fingerprint density at radius 1 is 0.765 bits per heavy atom. The molecule has 1 atom stereocenters. The molecule has 0 bridgehead atoms. The van der Waals surface area contributed by atoms with E-state index < -0.39 is 0 Å². The van der Waals surface area contributed by atoms with Gasteiger partial charge in [-0.05, 0) is 122 Å². The zero-order chi connectivity index (χ0) is 35.2. The highest BCUT2D eigenvalue weighted by atomic mass is 16.5. The molecular weight excluding hydrogens is 625 g/mol. The van der Waals surface area contributed by atoms with Gasteiger partial charge in [-0.3, -0.25) is 4.57 Å². The van der Waals surface area contributed by atoms with Gasteiger partial charge >= 0.3 is 0 Å². The summed E-state index contributed by atoms with van der Waals surface area (Å²) < 4.78 is 11.3. The van der Waals surface area contributed by atoms with Gasteiger partial charge in [0, 0.05) is 44.7 Å². The van der Waals surface area contributed by atoms with Gasteiger partial charge in [-0.2, -0.15) is 0 Å². The molecule has 258 valence electrons. The molecule has 1 aliphatic carbocycles. The summed E-state index contributed by atoms with van der Waals surface area (Å²) in [6, 6.07) is 31.9. The minimum Gasteiger partial charge on any atom is -0.475 e. The van der Waals surface area contributed by atoms with Crippen LogP contribution in [0.1, 0.15) is 95.4 Å². The van der Waals surface area contributed by atoms with Crippen molar-refractivity contribution >= 4 is 49.6 Å². The number of benzene rings is 4. The maximum atomic E-state index is 6.47. The second kappa shape index (κ2) is 11.6. The van der Waals surface area contributed by atoms with Crippen LogP contribution >= 0.6 is 0 Å². The van der Waals surface area contributed by atoms with Crippen molar-refractivity contribution in [3.05, 3.63) is 113 Å². The number of hydrogen-bond donors (Lipinski definition) is 0. The zero-order valence-corrected chi connectivity index (χ0v) is 31.0. The Hall–Kier alpha value is -4.90. The van der Waals surface area contributed by atoms with Gasteiger partial charge < -0.3 is 9.30 Å². The van der Waals surface area contributed by atoms with Crippen LogP contribution < -0.4 is 0 Å². The van der Waals surface area contributed by atoms with Crippen LogP contribution in [0.25, 0.3) is 55.1 Å². The Morgan fingerprint density at radius 2 is 1.53 bits per heavy atom. The number of rotatable bonds is 5. The summed E-state index contributed by atoms with van der Waals surface area (Å²) in [7, 11) is 0. The molecule has 5 nitrogen and oxygen atoms in total. The van der Waals surface area contributed by atoms with Crippen LogP contribution in [0.15, 0.2) is 96.1 Å². The van der Waals surface area contributed by atoms with Crippen molar-refractivity contribution in [1.82, 2.24) is 14.1 Å². The Labute approximate surface area is 301 Å². The first-order chi connectivity index (χ1) is 24.5. The highest BCUT2D eigenvalue weighted by Gasteiger charge is 2.41. The largest absolute Gasteiger partial charge is 0.475 e. The number of fused-ring (bicyclic) bond motifs is 6. The van der Waals surface area contributed by atoms with Gasteiger partial charge in [0.25, 0.3) is 0 Å². The number of pyridine rings is 1. The van der Waals surface area contributed by atoms with Crippen LogP contribution in [0, 0.1) is 12.8 Å². The molecule has 0 amide bonds. The third-order valence-corrected chi connectivity index (χ3v) is 11.8. The van der Waals surface area contributed by atoms with Crippen molar-refractivity contribution in [2.75, 3.05) is 6.61 Å². The van der Waals surface area contributed by atoms with E-state index in [0.29, 0.717) is 18.4 Å². The van der Waals surface area contributed by atoms with Crippen LogP contribution in [-0.4, -0.2) is 32.2 Å². The molecule has 2 aliphatic rings. The monoisotopic (exact) mass is 672 g/mol. The van der Waals surface area contributed by atoms with Crippen LogP contribution in [0.4, 0.5) is 0 Å². The van der Waals surface area contributed by atoms with Crippen LogP contribution in [0.3, 0.4) is 0 Å². The molecule has 5 heteroatoms. The standard InChI is InChI=1S/C46H48N4O/c1-28(2)30-22-31(44-48-46(7,27-51-44)32-11-8-9-12-32)24-35(23-30)49-40-18-14-29(3)21-38(40)36-17-16-34(26-42(36)49)50-41-19-15-33(45(4,5)6)25-39(41)37-13-10-20-47-43(37)50/h10,13-26,28,32H,8-9,11-12,27H2,1-7H3/t46-/m0/s1. The van der Waals surface area contributed by atoms with Crippen LogP contribution in [0.5, 0.6) is 0 Å². The molecular formula is C46H48N4O. The smallest absolute Gasteiger partial charge is 0.216 e. The summed E-state index contributed by atoms with van der Waals surface area (Å²) in [6.45, 7) is 16.5.